The Bertz CT molecular complexity index is 270. The Kier molecular flexibility index (Phi) is 3.88. The first-order valence-corrected chi connectivity index (χ1v) is 3.39. The zero-order valence-electron chi connectivity index (χ0n) is 6.41. The van der Waals surface area contributed by atoms with Crippen molar-refractivity contribution in [2.45, 2.75) is 6.18 Å². The minimum absolute atomic E-state index is 0. The Morgan fingerprint density at radius 3 is 2.17 bits per heavy atom. The summed E-state index contributed by atoms with van der Waals surface area (Å²) in [7, 11) is 1.38. The van der Waals surface area contributed by atoms with Gasteiger partial charge in [0.25, 0.3) is 0 Å². The van der Waals surface area contributed by atoms with Crippen molar-refractivity contribution in [2.24, 2.45) is 7.05 Å². The molecule has 0 aliphatic heterocycles. The van der Waals surface area contributed by atoms with Crippen molar-refractivity contribution in [1.29, 1.82) is 0 Å². The second kappa shape index (κ2) is 3.86. The molecule has 0 amide bonds. The van der Waals surface area contributed by atoms with Crippen LogP contribution >= 0.6 is 15.9 Å². The molecule has 12 heavy (non-hydrogen) atoms. The van der Waals surface area contributed by atoms with Gasteiger partial charge in [-0.25, -0.2) is 0 Å². The van der Waals surface area contributed by atoms with Crippen molar-refractivity contribution in [3.8, 4) is 0 Å². The molecule has 1 heterocycles. The van der Waals surface area contributed by atoms with Crippen LogP contribution in [0.15, 0.2) is 4.47 Å². The van der Waals surface area contributed by atoms with Gasteiger partial charge in [-0.3, -0.25) is 5.10 Å². The smallest absolute Gasteiger partial charge is 0.378 e. The predicted molar refractivity (Wildman–Crippen MR) is 34.7 cm³/mol. The molecule has 0 aromatic carbocycles. The molecule has 0 aliphatic carbocycles. The second-order valence-electron chi connectivity index (χ2n) is 1.90. The average Bonchev–Trinajstić information content (AvgIpc) is 2.08. The summed E-state index contributed by atoms with van der Waals surface area (Å²) in [6.07, 6.45) is -2.09. The standard InChI is InChI=1S/C5H3BrF3N2.Li/c1-11-2-3(6)4(10-11)5(7,8)9;/h1H3;/q-1;+1. The second-order valence-corrected chi connectivity index (χ2v) is 2.69. The molecule has 1 aromatic rings. The summed E-state index contributed by atoms with van der Waals surface area (Å²) in [6.45, 7) is 0. The van der Waals surface area contributed by atoms with Gasteiger partial charge in [-0.1, -0.05) is 15.9 Å². The van der Waals surface area contributed by atoms with Gasteiger partial charge in [0.05, 0.1) is 0 Å². The Labute approximate surface area is 87.4 Å². The zero-order valence-corrected chi connectivity index (χ0v) is 7.99. The van der Waals surface area contributed by atoms with Crippen LogP contribution in [0.5, 0.6) is 0 Å². The summed E-state index contributed by atoms with van der Waals surface area (Å²) < 4.78 is 36.6. The number of hydrogen-bond donors (Lipinski definition) is 0. The molecule has 0 unspecified atom stereocenters. The van der Waals surface area contributed by atoms with E-state index in [9.17, 15) is 13.2 Å². The molecule has 1 rings (SSSR count). The van der Waals surface area contributed by atoms with E-state index in [4.69, 9.17) is 0 Å². The van der Waals surface area contributed by atoms with Gasteiger partial charge in [0.2, 0.25) is 0 Å². The molecular weight excluding hydrogens is 232 g/mol. The van der Waals surface area contributed by atoms with Gasteiger partial charge in [0.15, 0.2) is 0 Å². The number of hydrogen-bond acceptors (Lipinski definition) is 1. The Balaban J connectivity index is 0.00000121. The molecule has 0 fully saturated rings. The first-order chi connectivity index (χ1) is 4.91. The zero-order chi connectivity index (χ0) is 8.65. The summed E-state index contributed by atoms with van der Waals surface area (Å²) in [6, 6.07) is 0. The first kappa shape index (κ1) is 12.1. The van der Waals surface area contributed by atoms with Gasteiger partial charge in [-0.15, -0.1) is 10.7 Å². The largest absolute Gasteiger partial charge is 1.00 e. The molecule has 0 bridgehead atoms. The van der Waals surface area contributed by atoms with Crippen LogP contribution in [-0.4, -0.2) is 9.78 Å². The molecule has 7 heteroatoms. The monoisotopic (exact) mass is 234 g/mol. The van der Waals surface area contributed by atoms with Crippen LogP contribution in [0.1, 0.15) is 5.69 Å². The maximum absolute atomic E-state index is 11.9. The molecule has 0 atom stereocenters. The third kappa shape index (κ3) is 2.54. The van der Waals surface area contributed by atoms with Crippen molar-refractivity contribution in [3.05, 3.63) is 16.4 Å². The van der Waals surface area contributed by atoms with Crippen molar-refractivity contribution in [3.63, 3.8) is 0 Å². The Morgan fingerprint density at radius 1 is 1.50 bits per heavy atom. The van der Waals surface area contributed by atoms with Gasteiger partial charge < -0.3 is 4.68 Å². The van der Waals surface area contributed by atoms with Crippen LogP contribution in [-0.2, 0) is 13.2 Å². The SMILES string of the molecule is Cn1[c-]c(Br)c(C(F)(F)F)n1.[Li+]. The van der Waals surface area contributed by atoms with Crippen molar-refractivity contribution in [2.75, 3.05) is 0 Å². The van der Waals surface area contributed by atoms with E-state index in [-0.39, 0.29) is 23.3 Å². The van der Waals surface area contributed by atoms with Gasteiger partial charge in [0, 0.05) is 12.7 Å². The number of alkyl halides is 3. The quantitative estimate of drug-likeness (QED) is 0.417. The number of nitrogens with zero attached hydrogens (tertiary/aromatic N) is 2. The van der Waals surface area contributed by atoms with E-state index in [0.29, 0.717) is 0 Å². The molecule has 0 spiro atoms. The van der Waals surface area contributed by atoms with Gasteiger partial charge in [-0.05, 0) is 0 Å². The van der Waals surface area contributed by atoms with Crippen LogP contribution in [0, 0.1) is 6.20 Å². The van der Waals surface area contributed by atoms with Crippen LogP contribution in [0.25, 0.3) is 0 Å². The maximum atomic E-state index is 11.9. The molecule has 0 saturated heterocycles. The molecular formula is C5H3BrF3LiN2. The number of aryl methyl sites for hydroxylation is 1. The van der Waals surface area contributed by atoms with E-state index in [1.165, 1.54) is 7.05 Å². The van der Waals surface area contributed by atoms with Crippen LogP contribution < -0.4 is 18.9 Å². The van der Waals surface area contributed by atoms with Crippen molar-refractivity contribution in [1.82, 2.24) is 9.78 Å². The minimum Gasteiger partial charge on any atom is -0.378 e. The van der Waals surface area contributed by atoms with Crippen LogP contribution in [0.3, 0.4) is 0 Å². The van der Waals surface area contributed by atoms with Crippen molar-refractivity contribution >= 4 is 15.9 Å². The topological polar surface area (TPSA) is 17.8 Å². The fraction of sp³-hybridized carbons (Fsp3) is 0.400. The van der Waals surface area contributed by atoms with Gasteiger partial charge in [-0.2, -0.15) is 13.2 Å². The number of halogens is 4. The summed E-state index contributed by atoms with van der Waals surface area (Å²) in [5.74, 6) is 0. The predicted octanol–water partition coefficient (Wildman–Crippen LogP) is -0.994. The summed E-state index contributed by atoms with van der Waals surface area (Å²) >= 11 is 2.69. The van der Waals surface area contributed by atoms with Crippen molar-refractivity contribution < 1.29 is 32.0 Å². The Hall–Kier alpha value is 0.0774. The fourth-order valence-electron chi connectivity index (χ4n) is 0.595. The van der Waals surface area contributed by atoms with E-state index in [0.717, 1.165) is 4.68 Å². The van der Waals surface area contributed by atoms with Crippen LogP contribution in [0.4, 0.5) is 13.2 Å². The summed E-state index contributed by atoms with van der Waals surface area (Å²) in [5.41, 5.74) is -0.944. The molecule has 0 saturated carbocycles. The molecule has 0 aliphatic rings. The van der Waals surface area contributed by atoms with E-state index in [1.54, 1.807) is 0 Å². The number of aromatic nitrogens is 2. The third-order valence-corrected chi connectivity index (χ3v) is 1.54. The van der Waals surface area contributed by atoms with E-state index in [1.807, 2.05) is 0 Å². The molecule has 62 valence electrons. The van der Waals surface area contributed by atoms with E-state index in [2.05, 4.69) is 27.2 Å². The van der Waals surface area contributed by atoms with Gasteiger partial charge >= 0.3 is 25.0 Å². The molecule has 2 nitrogen and oxygen atoms in total. The summed E-state index contributed by atoms with van der Waals surface area (Å²) in [4.78, 5) is 0. The first-order valence-electron chi connectivity index (χ1n) is 2.60. The molecule has 1 aromatic heterocycles. The van der Waals surface area contributed by atoms with E-state index >= 15 is 0 Å². The maximum Gasteiger partial charge on any atom is 1.00 e. The van der Waals surface area contributed by atoms with Crippen LogP contribution in [0.2, 0.25) is 0 Å². The minimum atomic E-state index is -4.41. The average molecular weight is 235 g/mol. The normalized spacial score (nSPS) is 11.1. The summed E-state index contributed by atoms with van der Waals surface area (Å²) in [5, 5.41) is 3.17. The van der Waals surface area contributed by atoms with Gasteiger partial charge in [0.1, 0.15) is 0 Å². The molecule has 0 N–H and O–H groups in total. The fourth-order valence-corrected chi connectivity index (χ4v) is 1.16. The third-order valence-electron chi connectivity index (χ3n) is 0.986. The Morgan fingerprint density at radius 2 is 2.00 bits per heavy atom. The number of rotatable bonds is 0. The molecule has 0 radical (unpaired) electrons. The van der Waals surface area contributed by atoms with E-state index < -0.39 is 11.9 Å².